The van der Waals surface area contributed by atoms with E-state index in [9.17, 15) is 0 Å². The highest BCUT2D eigenvalue weighted by atomic mass is 15.2. The first-order valence-corrected chi connectivity index (χ1v) is 7.47. The molecule has 0 aromatic heterocycles. The zero-order chi connectivity index (χ0) is 12.4. The lowest BCUT2D eigenvalue weighted by molar-refractivity contribution is 0.447. The molecular formula is C16H24N2. The molecule has 2 nitrogen and oxygen atoms in total. The van der Waals surface area contributed by atoms with Crippen molar-refractivity contribution in [2.24, 2.45) is 0 Å². The van der Waals surface area contributed by atoms with Crippen LogP contribution >= 0.6 is 0 Å². The lowest BCUT2D eigenvalue weighted by Gasteiger charge is -2.35. The van der Waals surface area contributed by atoms with E-state index in [2.05, 4.69) is 35.3 Å². The molecule has 1 aliphatic carbocycles. The van der Waals surface area contributed by atoms with E-state index >= 15 is 0 Å². The van der Waals surface area contributed by atoms with Crippen molar-refractivity contribution in [1.29, 1.82) is 0 Å². The molecule has 1 atom stereocenters. The van der Waals surface area contributed by atoms with Gasteiger partial charge in [0, 0.05) is 31.4 Å². The molecule has 0 bridgehead atoms. The summed E-state index contributed by atoms with van der Waals surface area (Å²) in [4.78, 5) is 2.56. The fourth-order valence-electron chi connectivity index (χ4n) is 3.25. The molecule has 98 valence electrons. The molecule has 0 amide bonds. The summed E-state index contributed by atoms with van der Waals surface area (Å²) >= 11 is 0. The first kappa shape index (κ1) is 12.0. The van der Waals surface area contributed by atoms with Crippen molar-refractivity contribution in [1.82, 2.24) is 5.32 Å². The molecule has 1 aromatic carbocycles. The van der Waals surface area contributed by atoms with Crippen molar-refractivity contribution >= 4 is 5.69 Å². The van der Waals surface area contributed by atoms with Crippen LogP contribution in [-0.2, 0) is 12.8 Å². The van der Waals surface area contributed by atoms with E-state index in [1.54, 1.807) is 11.1 Å². The number of rotatable bonds is 2. The number of aryl methyl sites for hydroxylation is 2. The molecule has 1 heterocycles. The summed E-state index contributed by atoms with van der Waals surface area (Å²) in [5.41, 5.74) is 4.63. The van der Waals surface area contributed by atoms with Crippen LogP contribution in [0.4, 0.5) is 5.69 Å². The van der Waals surface area contributed by atoms with Crippen LogP contribution in [0.5, 0.6) is 0 Å². The summed E-state index contributed by atoms with van der Waals surface area (Å²) in [7, 11) is 0. The summed E-state index contributed by atoms with van der Waals surface area (Å²) in [5, 5.41) is 3.59. The molecule has 1 saturated heterocycles. The zero-order valence-corrected chi connectivity index (χ0v) is 11.4. The van der Waals surface area contributed by atoms with Crippen LogP contribution in [0.1, 0.15) is 37.3 Å². The molecule has 0 radical (unpaired) electrons. The van der Waals surface area contributed by atoms with Crippen LogP contribution in [0.15, 0.2) is 18.2 Å². The molecule has 0 unspecified atom stereocenters. The predicted octanol–water partition coefficient (Wildman–Crippen LogP) is 2.75. The Bertz CT molecular complexity index is 414. The maximum atomic E-state index is 3.59. The third kappa shape index (κ3) is 2.39. The van der Waals surface area contributed by atoms with Crippen LogP contribution in [-0.4, -0.2) is 25.7 Å². The van der Waals surface area contributed by atoms with Crippen molar-refractivity contribution in [3.8, 4) is 0 Å². The molecule has 1 N–H and O–H groups in total. The van der Waals surface area contributed by atoms with E-state index in [4.69, 9.17) is 0 Å². The highest BCUT2D eigenvalue weighted by molar-refractivity contribution is 5.52. The van der Waals surface area contributed by atoms with E-state index in [0.29, 0.717) is 6.04 Å². The molecule has 2 aliphatic rings. The minimum Gasteiger partial charge on any atom is -0.369 e. The van der Waals surface area contributed by atoms with Gasteiger partial charge in [-0.2, -0.15) is 0 Å². The SMILES string of the molecule is CC[C@@H]1CN(c2ccc3c(c2)CCCC3)CCN1. The van der Waals surface area contributed by atoms with Gasteiger partial charge in [0.05, 0.1) is 0 Å². The van der Waals surface area contributed by atoms with Gasteiger partial charge in [0.15, 0.2) is 0 Å². The Labute approximate surface area is 110 Å². The van der Waals surface area contributed by atoms with Crippen LogP contribution in [0, 0.1) is 0 Å². The second kappa shape index (κ2) is 5.31. The Morgan fingerprint density at radius 3 is 2.89 bits per heavy atom. The predicted molar refractivity (Wildman–Crippen MR) is 77.4 cm³/mol. The van der Waals surface area contributed by atoms with E-state index in [1.165, 1.54) is 37.8 Å². The third-order valence-corrected chi connectivity index (χ3v) is 4.45. The molecule has 1 aliphatic heterocycles. The van der Waals surface area contributed by atoms with Gasteiger partial charge >= 0.3 is 0 Å². The molecule has 2 heteroatoms. The van der Waals surface area contributed by atoms with Crippen molar-refractivity contribution < 1.29 is 0 Å². The molecule has 18 heavy (non-hydrogen) atoms. The number of nitrogens with zero attached hydrogens (tertiary/aromatic N) is 1. The first-order chi connectivity index (χ1) is 8.86. The second-order valence-corrected chi connectivity index (χ2v) is 5.67. The summed E-state index contributed by atoms with van der Waals surface area (Å²) in [6, 6.07) is 7.82. The Kier molecular flexibility index (Phi) is 3.55. The fraction of sp³-hybridized carbons (Fsp3) is 0.625. The highest BCUT2D eigenvalue weighted by Crippen LogP contribution is 2.26. The van der Waals surface area contributed by atoms with Gasteiger partial charge in [-0.15, -0.1) is 0 Å². The smallest absolute Gasteiger partial charge is 0.0370 e. The van der Waals surface area contributed by atoms with Crippen LogP contribution in [0.3, 0.4) is 0 Å². The normalized spacial score (nSPS) is 23.8. The standard InChI is InChI=1S/C16H24N2/c1-2-15-12-18(10-9-17-15)16-8-7-13-5-3-4-6-14(13)11-16/h7-8,11,15,17H,2-6,9-10,12H2,1H3/t15-/m1/s1. The van der Waals surface area contributed by atoms with E-state index in [1.807, 2.05) is 0 Å². The Hall–Kier alpha value is -1.02. The molecule has 1 aromatic rings. The van der Waals surface area contributed by atoms with Crippen molar-refractivity contribution in [2.75, 3.05) is 24.5 Å². The number of piperazine rings is 1. The number of hydrogen-bond donors (Lipinski definition) is 1. The van der Waals surface area contributed by atoms with Crippen molar-refractivity contribution in [2.45, 2.75) is 45.1 Å². The zero-order valence-electron chi connectivity index (χ0n) is 11.4. The average molecular weight is 244 g/mol. The van der Waals surface area contributed by atoms with Gasteiger partial charge in [-0.3, -0.25) is 0 Å². The monoisotopic (exact) mass is 244 g/mol. The summed E-state index contributed by atoms with van der Waals surface area (Å²) in [6.07, 6.45) is 6.54. The number of nitrogens with one attached hydrogen (secondary N) is 1. The Morgan fingerprint density at radius 1 is 1.22 bits per heavy atom. The lowest BCUT2D eigenvalue weighted by atomic mass is 9.91. The molecular weight excluding hydrogens is 220 g/mol. The molecule has 0 spiro atoms. The summed E-state index contributed by atoms with van der Waals surface area (Å²) < 4.78 is 0. The summed E-state index contributed by atoms with van der Waals surface area (Å²) in [6.45, 7) is 5.70. The van der Waals surface area contributed by atoms with Crippen LogP contribution in [0.2, 0.25) is 0 Å². The number of hydrogen-bond acceptors (Lipinski definition) is 2. The minimum absolute atomic E-state index is 0.662. The maximum absolute atomic E-state index is 3.59. The Balaban J connectivity index is 1.79. The molecule has 0 saturated carbocycles. The Morgan fingerprint density at radius 2 is 2.06 bits per heavy atom. The van der Waals surface area contributed by atoms with E-state index in [-0.39, 0.29) is 0 Å². The summed E-state index contributed by atoms with van der Waals surface area (Å²) in [5.74, 6) is 0. The quantitative estimate of drug-likeness (QED) is 0.860. The van der Waals surface area contributed by atoms with Gasteiger partial charge < -0.3 is 10.2 Å². The molecule has 1 fully saturated rings. The largest absolute Gasteiger partial charge is 0.369 e. The topological polar surface area (TPSA) is 15.3 Å². The fourth-order valence-corrected chi connectivity index (χ4v) is 3.25. The number of benzene rings is 1. The van der Waals surface area contributed by atoms with Gasteiger partial charge in [0.1, 0.15) is 0 Å². The van der Waals surface area contributed by atoms with Gasteiger partial charge in [0.25, 0.3) is 0 Å². The number of anilines is 1. The first-order valence-electron chi connectivity index (χ1n) is 7.47. The van der Waals surface area contributed by atoms with E-state index in [0.717, 1.165) is 19.6 Å². The average Bonchev–Trinajstić information content (AvgIpc) is 2.47. The van der Waals surface area contributed by atoms with Crippen molar-refractivity contribution in [3.63, 3.8) is 0 Å². The van der Waals surface area contributed by atoms with Crippen LogP contribution in [0.25, 0.3) is 0 Å². The van der Waals surface area contributed by atoms with Crippen LogP contribution < -0.4 is 10.2 Å². The maximum Gasteiger partial charge on any atom is 0.0370 e. The van der Waals surface area contributed by atoms with Crippen molar-refractivity contribution in [3.05, 3.63) is 29.3 Å². The van der Waals surface area contributed by atoms with Gasteiger partial charge in [-0.1, -0.05) is 13.0 Å². The van der Waals surface area contributed by atoms with Gasteiger partial charge in [-0.05, 0) is 55.4 Å². The lowest BCUT2D eigenvalue weighted by Crippen LogP contribution is -2.50. The molecule has 3 rings (SSSR count). The minimum atomic E-state index is 0.662. The number of fused-ring (bicyclic) bond motifs is 1. The van der Waals surface area contributed by atoms with Gasteiger partial charge in [-0.25, -0.2) is 0 Å². The van der Waals surface area contributed by atoms with E-state index < -0.39 is 0 Å². The highest BCUT2D eigenvalue weighted by Gasteiger charge is 2.19. The van der Waals surface area contributed by atoms with Gasteiger partial charge in [0.2, 0.25) is 0 Å². The second-order valence-electron chi connectivity index (χ2n) is 5.67. The third-order valence-electron chi connectivity index (χ3n) is 4.45.